The lowest BCUT2D eigenvalue weighted by Crippen LogP contribution is -2.79. The van der Waals surface area contributed by atoms with Crippen LogP contribution in [-0.4, -0.2) is 61.7 Å². The standard InChI is InChI=1S/C23H29NO4/c1-13(26-3)15-12-21-7-8-23(15,27-4)20-22(21)9-10-24(2)17(21)11-14-5-6-16(25)19(28-20)18(14)22/h5-8,13,15,17,20,25H,9-12H2,1-4H3/t13?,15?,17?,20?,21-,22+,23-/m1/s1. The Kier molecular flexibility index (Phi) is 3.17. The van der Waals surface area contributed by atoms with Gasteiger partial charge in [-0.3, -0.25) is 0 Å². The predicted molar refractivity (Wildman–Crippen MR) is 105 cm³/mol. The Morgan fingerprint density at radius 1 is 1.29 bits per heavy atom. The van der Waals surface area contributed by atoms with Crippen LogP contribution in [0.4, 0.5) is 0 Å². The number of phenols is 1. The molecule has 7 atom stereocenters. The first kappa shape index (κ1) is 17.3. The van der Waals surface area contributed by atoms with E-state index in [2.05, 4.69) is 37.1 Å². The largest absolute Gasteiger partial charge is 0.504 e. The molecule has 2 fully saturated rings. The molecule has 4 aliphatic carbocycles. The summed E-state index contributed by atoms with van der Waals surface area (Å²) in [7, 11) is 5.85. The van der Waals surface area contributed by atoms with Crippen molar-refractivity contribution in [3.05, 3.63) is 35.4 Å². The number of benzene rings is 1. The molecule has 150 valence electrons. The van der Waals surface area contributed by atoms with Gasteiger partial charge in [0.1, 0.15) is 11.7 Å². The van der Waals surface area contributed by atoms with Crippen molar-refractivity contribution in [2.24, 2.45) is 11.3 Å². The van der Waals surface area contributed by atoms with E-state index in [0.29, 0.717) is 11.8 Å². The number of nitrogens with zero attached hydrogens (tertiary/aromatic N) is 1. The zero-order chi connectivity index (χ0) is 19.5. The van der Waals surface area contributed by atoms with E-state index >= 15 is 0 Å². The van der Waals surface area contributed by atoms with Crippen LogP contribution in [0.15, 0.2) is 24.3 Å². The van der Waals surface area contributed by atoms with E-state index < -0.39 is 5.60 Å². The number of likely N-dealkylation sites (tertiary alicyclic amines) is 1. The highest BCUT2D eigenvalue weighted by Gasteiger charge is 2.79. The van der Waals surface area contributed by atoms with Crippen LogP contribution in [0, 0.1) is 11.3 Å². The molecule has 4 bridgehead atoms. The van der Waals surface area contributed by atoms with Crippen molar-refractivity contribution in [1.29, 1.82) is 0 Å². The predicted octanol–water partition coefficient (Wildman–Crippen LogP) is 2.65. The molecule has 0 amide bonds. The quantitative estimate of drug-likeness (QED) is 0.814. The molecular formula is C23H29NO4. The van der Waals surface area contributed by atoms with Crippen molar-refractivity contribution in [2.45, 2.75) is 55.5 Å². The molecular weight excluding hydrogens is 354 g/mol. The number of fused-ring (bicyclic) bond motifs is 1. The van der Waals surface area contributed by atoms with E-state index in [0.717, 1.165) is 25.8 Å². The number of hydrogen-bond acceptors (Lipinski definition) is 5. The van der Waals surface area contributed by atoms with Crippen LogP contribution in [0.1, 0.15) is 30.9 Å². The van der Waals surface area contributed by atoms with Gasteiger partial charge in [-0.25, -0.2) is 0 Å². The number of aromatic hydroxyl groups is 1. The SMILES string of the molecule is COC(C)C1C[C@@]23C=C[C@]1(OC)C1Oc4c(O)ccc5c4[C@@]12CCN(C)C3C5. The number of hydrogen-bond donors (Lipinski definition) is 1. The molecule has 4 unspecified atom stereocenters. The fraction of sp³-hybridized carbons (Fsp3) is 0.652. The minimum absolute atomic E-state index is 0.0194. The number of piperidine rings is 1. The molecule has 1 aromatic rings. The fourth-order valence-electron chi connectivity index (χ4n) is 7.81. The van der Waals surface area contributed by atoms with Crippen LogP contribution in [0.5, 0.6) is 11.5 Å². The lowest BCUT2D eigenvalue weighted by atomic mass is 9.37. The Hall–Kier alpha value is -1.56. The summed E-state index contributed by atoms with van der Waals surface area (Å²) >= 11 is 0. The van der Waals surface area contributed by atoms with Crippen molar-refractivity contribution in [3.8, 4) is 11.5 Å². The van der Waals surface area contributed by atoms with Crippen LogP contribution in [0.25, 0.3) is 0 Å². The molecule has 2 heterocycles. The first-order valence-electron chi connectivity index (χ1n) is 10.5. The molecule has 5 heteroatoms. The summed E-state index contributed by atoms with van der Waals surface area (Å²) in [6, 6.07) is 4.34. The summed E-state index contributed by atoms with van der Waals surface area (Å²) in [5, 5.41) is 10.7. The second-order valence-electron chi connectivity index (χ2n) is 9.55. The van der Waals surface area contributed by atoms with Gasteiger partial charge in [-0.15, -0.1) is 0 Å². The first-order chi connectivity index (χ1) is 13.4. The monoisotopic (exact) mass is 383 g/mol. The molecule has 1 aromatic carbocycles. The minimum atomic E-state index is -0.544. The maximum Gasteiger partial charge on any atom is 0.165 e. The van der Waals surface area contributed by atoms with Gasteiger partial charge < -0.3 is 24.2 Å². The molecule has 7 rings (SSSR count). The summed E-state index contributed by atoms with van der Waals surface area (Å²) in [4.78, 5) is 2.54. The molecule has 1 saturated heterocycles. The van der Waals surface area contributed by atoms with E-state index in [9.17, 15) is 5.11 Å². The van der Waals surface area contributed by atoms with Gasteiger partial charge in [0.15, 0.2) is 11.5 Å². The molecule has 0 radical (unpaired) electrons. The number of ether oxygens (including phenoxy) is 3. The summed E-state index contributed by atoms with van der Waals surface area (Å²) in [6.45, 7) is 3.19. The van der Waals surface area contributed by atoms with Crippen molar-refractivity contribution in [2.75, 3.05) is 27.8 Å². The van der Waals surface area contributed by atoms with Crippen molar-refractivity contribution >= 4 is 0 Å². The van der Waals surface area contributed by atoms with E-state index in [1.807, 2.05) is 0 Å². The van der Waals surface area contributed by atoms with Crippen LogP contribution in [0.3, 0.4) is 0 Å². The number of likely N-dealkylation sites (N-methyl/N-ethyl adjacent to an activating group) is 1. The Balaban J connectivity index is 1.69. The van der Waals surface area contributed by atoms with Crippen molar-refractivity contribution in [3.63, 3.8) is 0 Å². The van der Waals surface area contributed by atoms with Gasteiger partial charge >= 0.3 is 0 Å². The Morgan fingerprint density at radius 3 is 2.86 bits per heavy atom. The third kappa shape index (κ3) is 1.54. The molecule has 6 aliphatic rings. The summed E-state index contributed by atoms with van der Waals surface area (Å²) < 4.78 is 18.9. The van der Waals surface area contributed by atoms with Crippen LogP contribution < -0.4 is 4.74 Å². The lowest BCUT2D eigenvalue weighted by molar-refractivity contribution is -0.231. The van der Waals surface area contributed by atoms with Crippen molar-refractivity contribution in [1.82, 2.24) is 4.90 Å². The molecule has 1 N–H and O–H groups in total. The van der Waals surface area contributed by atoms with Crippen LogP contribution in [-0.2, 0) is 21.3 Å². The number of phenolic OH excluding ortho intramolecular Hbond substituents is 1. The zero-order valence-corrected chi connectivity index (χ0v) is 17.1. The normalized spacial score (nSPS) is 45.6. The summed E-state index contributed by atoms with van der Waals surface area (Å²) in [5.74, 6) is 1.17. The molecule has 1 saturated carbocycles. The van der Waals surface area contributed by atoms with Crippen molar-refractivity contribution < 1.29 is 19.3 Å². The van der Waals surface area contributed by atoms with Gasteiger partial charge in [0, 0.05) is 37.2 Å². The van der Waals surface area contributed by atoms with Gasteiger partial charge in [0.05, 0.1) is 11.5 Å². The molecule has 0 aromatic heterocycles. The van der Waals surface area contributed by atoms with Gasteiger partial charge in [-0.05, 0) is 51.4 Å². The van der Waals surface area contributed by atoms with Gasteiger partial charge in [-0.2, -0.15) is 0 Å². The fourth-order valence-corrected chi connectivity index (χ4v) is 7.81. The highest BCUT2D eigenvalue weighted by atomic mass is 16.6. The van der Waals surface area contributed by atoms with E-state index in [1.165, 1.54) is 11.1 Å². The Morgan fingerprint density at radius 2 is 2.11 bits per heavy atom. The Labute approximate surface area is 166 Å². The molecule has 5 nitrogen and oxygen atoms in total. The maximum absolute atomic E-state index is 10.7. The van der Waals surface area contributed by atoms with Gasteiger partial charge in [0.25, 0.3) is 0 Å². The summed E-state index contributed by atoms with van der Waals surface area (Å²) in [5.41, 5.74) is 1.89. The Bertz CT molecular complexity index is 899. The maximum atomic E-state index is 10.7. The average molecular weight is 383 g/mol. The van der Waals surface area contributed by atoms with Crippen LogP contribution in [0.2, 0.25) is 0 Å². The van der Waals surface area contributed by atoms with Gasteiger partial charge in [0.2, 0.25) is 0 Å². The third-order valence-corrected chi connectivity index (χ3v) is 9.06. The minimum Gasteiger partial charge on any atom is -0.504 e. The highest BCUT2D eigenvalue weighted by molar-refractivity contribution is 5.65. The molecule has 28 heavy (non-hydrogen) atoms. The van der Waals surface area contributed by atoms with E-state index in [1.54, 1.807) is 20.3 Å². The smallest absolute Gasteiger partial charge is 0.165 e. The first-order valence-corrected chi connectivity index (χ1v) is 10.5. The second-order valence-corrected chi connectivity index (χ2v) is 9.55. The van der Waals surface area contributed by atoms with Crippen LogP contribution >= 0.6 is 0 Å². The molecule has 2 aliphatic heterocycles. The highest BCUT2D eigenvalue weighted by Crippen LogP contribution is 2.74. The van der Waals surface area contributed by atoms with E-state index in [-0.39, 0.29) is 34.7 Å². The zero-order valence-electron chi connectivity index (χ0n) is 17.1. The summed E-state index contributed by atoms with van der Waals surface area (Å²) in [6.07, 6.45) is 7.71. The molecule has 2 spiro atoms. The average Bonchev–Trinajstić information content (AvgIpc) is 3.09. The number of methoxy groups -OCH3 is 2. The second kappa shape index (κ2) is 5.13. The third-order valence-electron chi connectivity index (χ3n) is 9.06. The topological polar surface area (TPSA) is 51.2 Å². The number of rotatable bonds is 3. The van der Waals surface area contributed by atoms with Gasteiger partial charge in [-0.1, -0.05) is 18.2 Å². The van der Waals surface area contributed by atoms with E-state index in [4.69, 9.17) is 14.2 Å². The lowest BCUT2D eigenvalue weighted by Gasteiger charge is -2.71.